The van der Waals surface area contributed by atoms with Gasteiger partial charge >= 0.3 is 0 Å². The zero-order valence-electron chi connectivity index (χ0n) is 14.7. The van der Waals surface area contributed by atoms with E-state index in [2.05, 4.69) is 59.7 Å². The van der Waals surface area contributed by atoms with Gasteiger partial charge < -0.3 is 10.5 Å². The third-order valence-corrected chi connectivity index (χ3v) is 4.27. The number of benzene rings is 1. The maximum Gasteiger partial charge on any atom is 0.123 e. The van der Waals surface area contributed by atoms with E-state index in [1.54, 1.807) is 0 Å². The molecule has 0 radical (unpaired) electrons. The van der Waals surface area contributed by atoms with Gasteiger partial charge in [0.15, 0.2) is 0 Å². The fraction of sp³-hybridized carbons (Fsp3) is 0.684. The molecule has 2 atom stereocenters. The quantitative estimate of drug-likeness (QED) is 0.778. The molecular formula is C19H33NO. The second kappa shape index (κ2) is 7.84. The topological polar surface area (TPSA) is 35.2 Å². The highest BCUT2D eigenvalue weighted by molar-refractivity contribution is 5.42. The summed E-state index contributed by atoms with van der Waals surface area (Å²) in [5.74, 6) is 2.16. The molecule has 0 saturated carbocycles. The van der Waals surface area contributed by atoms with Crippen LogP contribution in [-0.2, 0) is 5.41 Å². The lowest BCUT2D eigenvalue weighted by Crippen LogP contribution is -2.16. The van der Waals surface area contributed by atoms with Crippen molar-refractivity contribution in [3.05, 3.63) is 29.3 Å². The van der Waals surface area contributed by atoms with Crippen molar-refractivity contribution >= 4 is 0 Å². The minimum Gasteiger partial charge on any atom is -0.493 e. The third-order valence-electron chi connectivity index (χ3n) is 4.27. The molecule has 0 aliphatic rings. The molecule has 0 bridgehead atoms. The molecule has 0 aromatic heterocycles. The SMILES string of the molecule is CCCOc1ccc(C(C)C(C)CCN)cc1C(C)(C)C. The molecule has 0 spiro atoms. The average Bonchev–Trinajstić information content (AvgIpc) is 2.43. The Labute approximate surface area is 131 Å². The van der Waals surface area contributed by atoms with Gasteiger partial charge in [0.25, 0.3) is 0 Å². The summed E-state index contributed by atoms with van der Waals surface area (Å²) in [6.07, 6.45) is 2.11. The molecule has 1 rings (SSSR count). The van der Waals surface area contributed by atoms with Crippen LogP contribution in [0.4, 0.5) is 0 Å². The summed E-state index contributed by atoms with van der Waals surface area (Å²) in [6.45, 7) is 15.0. The molecule has 0 aliphatic carbocycles. The van der Waals surface area contributed by atoms with E-state index in [0.29, 0.717) is 11.8 Å². The van der Waals surface area contributed by atoms with E-state index in [0.717, 1.165) is 31.7 Å². The Balaban J connectivity index is 3.09. The van der Waals surface area contributed by atoms with Crippen molar-refractivity contribution in [2.45, 2.75) is 65.7 Å². The van der Waals surface area contributed by atoms with Crippen LogP contribution >= 0.6 is 0 Å². The molecule has 1 aromatic rings. The van der Waals surface area contributed by atoms with Crippen LogP contribution in [0.3, 0.4) is 0 Å². The Morgan fingerprint density at radius 2 is 1.86 bits per heavy atom. The highest BCUT2D eigenvalue weighted by Crippen LogP contribution is 2.36. The normalized spacial score (nSPS) is 14.8. The van der Waals surface area contributed by atoms with Gasteiger partial charge in [-0.1, -0.05) is 53.7 Å². The summed E-state index contributed by atoms with van der Waals surface area (Å²) in [5, 5.41) is 0. The van der Waals surface area contributed by atoms with Crippen LogP contribution in [0.25, 0.3) is 0 Å². The Hall–Kier alpha value is -1.02. The summed E-state index contributed by atoms with van der Waals surface area (Å²) in [4.78, 5) is 0. The van der Waals surface area contributed by atoms with Crippen molar-refractivity contribution in [3.63, 3.8) is 0 Å². The summed E-state index contributed by atoms with van der Waals surface area (Å²) in [7, 11) is 0. The minimum atomic E-state index is 0.0932. The van der Waals surface area contributed by atoms with Crippen molar-refractivity contribution in [1.82, 2.24) is 0 Å². The van der Waals surface area contributed by atoms with Crippen molar-refractivity contribution in [2.75, 3.05) is 13.2 Å². The summed E-state index contributed by atoms with van der Waals surface area (Å²) >= 11 is 0. The van der Waals surface area contributed by atoms with Crippen molar-refractivity contribution in [1.29, 1.82) is 0 Å². The molecule has 0 amide bonds. The fourth-order valence-corrected chi connectivity index (χ4v) is 2.60. The third kappa shape index (κ3) is 5.03. The van der Waals surface area contributed by atoms with Gasteiger partial charge in [0.05, 0.1) is 6.61 Å². The lowest BCUT2D eigenvalue weighted by Gasteiger charge is -2.26. The van der Waals surface area contributed by atoms with Crippen LogP contribution in [0.15, 0.2) is 18.2 Å². The predicted octanol–water partition coefficient (Wildman–Crippen LogP) is 4.86. The van der Waals surface area contributed by atoms with Crippen molar-refractivity contribution < 1.29 is 4.74 Å². The van der Waals surface area contributed by atoms with E-state index < -0.39 is 0 Å². The summed E-state index contributed by atoms with van der Waals surface area (Å²) in [6, 6.07) is 6.71. The van der Waals surface area contributed by atoms with Crippen molar-refractivity contribution in [2.24, 2.45) is 11.7 Å². The number of rotatable bonds is 7. The van der Waals surface area contributed by atoms with Gasteiger partial charge in [-0.05, 0) is 53.8 Å². The van der Waals surface area contributed by atoms with Gasteiger partial charge in [-0.15, -0.1) is 0 Å². The number of nitrogens with two attached hydrogens (primary N) is 1. The molecular weight excluding hydrogens is 258 g/mol. The van der Waals surface area contributed by atoms with Crippen LogP contribution in [0, 0.1) is 5.92 Å². The molecule has 1 aromatic carbocycles. The van der Waals surface area contributed by atoms with E-state index in [-0.39, 0.29) is 5.41 Å². The molecule has 21 heavy (non-hydrogen) atoms. The maximum absolute atomic E-state index is 5.94. The Bertz CT molecular complexity index is 434. The second-order valence-corrected chi connectivity index (χ2v) is 7.20. The molecule has 0 saturated heterocycles. The molecule has 2 nitrogen and oxygen atoms in total. The smallest absolute Gasteiger partial charge is 0.123 e. The van der Waals surface area contributed by atoms with Crippen LogP contribution in [-0.4, -0.2) is 13.2 Å². The van der Waals surface area contributed by atoms with Crippen LogP contribution in [0.1, 0.15) is 71.4 Å². The number of hydrogen-bond acceptors (Lipinski definition) is 2. The van der Waals surface area contributed by atoms with Crippen LogP contribution in [0.5, 0.6) is 5.75 Å². The zero-order valence-corrected chi connectivity index (χ0v) is 14.7. The first-order valence-corrected chi connectivity index (χ1v) is 8.28. The van der Waals surface area contributed by atoms with Gasteiger partial charge in [-0.2, -0.15) is 0 Å². The standard InChI is InChI=1S/C19H33NO/c1-7-12-21-18-9-8-16(13-17(18)19(4,5)6)15(3)14(2)10-11-20/h8-9,13-15H,7,10-12,20H2,1-6H3. The van der Waals surface area contributed by atoms with Crippen LogP contribution < -0.4 is 10.5 Å². The molecule has 0 heterocycles. The molecule has 2 unspecified atom stereocenters. The first-order valence-electron chi connectivity index (χ1n) is 8.28. The van der Waals surface area contributed by atoms with E-state index in [1.807, 2.05) is 0 Å². The van der Waals surface area contributed by atoms with Crippen molar-refractivity contribution in [3.8, 4) is 5.75 Å². The lowest BCUT2D eigenvalue weighted by molar-refractivity contribution is 0.308. The van der Waals surface area contributed by atoms with E-state index in [9.17, 15) is 0 Å². The van der Waals surface area contributed by atoms with E-state index >= 15 is 0 Å². The summed E-state index contributed by atoms with van der Waals surface area (Å²) < 4.78 is 5.94. The van der Waals surface area contributed by atoms with Gasteiger partial charge in [-0.3, -0.25) is 0 Å². The monoisotopic (exact) mass is 291 g/mol. The van der Waals surface area contributed by atoms with Gasteiger partial charge in [0.1, 0.15) is 5.75 Å². The summed E-state index contributed by atoms with van der Waals surface area (Å²) in [5.41, 5.74) is 8.50. The lowest BCUT2D eigenvalue weighted by atomic mass is 9.81. The molecule has 2 heteroatoms. The highest BCUT2D eigenvalue weighted by Gasteiger charge is 2.22. The van der Waals surface area contributed by atoms with Gasteiger partial charge in [-0.25, -0.2) is 0 Å². The Morgan fingerprint density at radius 3 is 2.38 bits per heavy atom. The fourth-order valence-electron chi connectivity index (χ4n) is 2.60. The number of ether oxygens (including phenoxy) is 1. The molecule has 2 N–H and O–H groups in total. The highest BCUT2D eigenvalue weighted by atomic mass is 16.5. The van der Waals surface area contributed by atoms with E-state index in [4.69, 9.17) is 10.5 Å². The molecule has 0 fully saturated rings. The second-order valence-electron chi connectivity index (χ2n) is 7.20. The average molecular weight is 291 g/mol. The number of hydrogen-bond donors (Lipinski definition) is 1. The first-order chi connectivity index (χ1) is 9.81. The van der Waals surface area contributed by atoms with E-state index in [1.165, 1.54) is 11.1 Å². The Morgan fingerprint density at radius 1 is 1.19 bits per heavy atom. The van der Waals surface area contributed by atoms with Crippen LogP contribution in [0.2, 0.25) is 0 Å². The largest absolute Gasteiger partial charge is 0.493 e. The maximum atomic E-state index is 5.94. The molecule has 0 aliphatic heterocycles. The zero-order chi connectivity index (χ0) is 16.0. The minimum absolute atomic E-state index is 0.0932. The Kier molecular flexibility index (Phi) is 6.73. The first kappa shape index (κ1) is 18.0. The predicted molar refractivity (Wildman–Crippen MR) is 92.2 cm³/mol. The molecule has 120 valence electrons. The van der Waals surface area contributed by atoms with Gasteiger partial charge in [0, 0.05) is 0 Å². The van der Waals surface area contributed by atoms with Gasteiger partial charge in [0.2, 0.25) is 0 Å².